The molecule has 200 valence electrons. The van der Waals surface area contributed by atoms with Crippen LogP contribution in [-0.2, 0) is 9.47 Å². The Kier molecular flexibility index (Phi) is 7.19. The fourth-order valence-corrected chi connectivity index (χ4v) is 12.2. The maximum Gasteiger partial charge on any atom is 0.127 e. The molecule has 2 aliphatic carbocycles. The van der Waals surface area contributed by atoms with Gasteiger partial charge in [0, 0.05) is 0 Å². The molecule has 3 heterocycles. The van der Waals surface area contributed by atoms with E-state index in [0.717, 1.165) is 23.3 Å². The predicted molar refractivity (Wildman–Crippen MR) is 158 cm³/mol. The summed E-state index contributed by atoms with van der Waals surface area (Å²) in [6, 6.07) is 20.8. The maximum atomic E-state index is 6.26. The molecular formula is C32H46O3Si2. The van der Waals surface area contributed by atoms with Gasteiger partial charge in [0.15, 0.2) is 0 Å². The van der Waals surface area contributed by atoms with E-state index in [2.05, 4.69) is 74.7 Å². The first-order valence-corrected chi connectivity index (χ1v) is 21.3. The SMILES string of the molecule is C[Si](C)(CCC1CC2CC(C1)O2)c1ccc(Oc2ccc([Si](C)(C)CCC3CCC4OC4C3)cc2)cc1. The highest BCUT2D eigenvalue weighted by atomic mass is 28.3. The molecule has 0 aromatic heterocycles. The van der Waals surface area contributed by atoms with Crippen LogP contribution < -0.4 is 15.1 Å². The third-order valence-electron chi connectivity index (χ3n) is 10.1. The van der Waals surface area contributed by atoms with Crippen LogP contribution in [0, 0.1) is 11.8 Å². The first-order chi connectivity index (χ1) is 17.7. The van der Waals surface area contributed by atoms with Gasteiger partial charge in [0.25, 0.3) is 0 Å². The summed E-state index contributed by atoms with van der Waals surface area (Å²) in [5, 5.41) is 3.09. The number of epoxide rings is 1. The van der Waals surface area contributed by atoms with Crippen molar-refractivity contribution in [2.24, 2.45) is 11.8 Å². The second kappa shape index (κ2) is 10.3. The van der Waals surface area contributed by atoms with E-state index in [4.69, 9.17) is 14.2 Å². The zero-order chi connectivity index (χ0) is 25.6. The predicted octanol–water partition coefficient (Wildman–Crippen LogP) is 7.22. The lowest BCUT2D eigenvalue weighted by molar-refractivity contribution is -0.173. The quantitative estimate of drug-likeness (QED) is 0.238. The van der Waals surface area contributed by atoms with Gasteiger partial charge in [-0.25, -0.2) is 0 Å². The Hall–Kier alpha value is -1.41. The Labute approximate surface area is 226 Å². The van der Waals surface area contributed by atoms with Crippen LogP contribution in [0.25, 0.3) is 0 Å². The maximum absolute atomic E-state index is 6.26. The number of rotatable bonds is 10. The van der Waals surface area contributed by atoms with Crippen LogP contribution in [0.3, 0.4) is 0 Å². The van der Waals surface area contributed by atoms with E-state index >= 15 is 0 Å². The van der Waals surface area contributed by atoms with E-state index < -0.39 is 16.1 Å². The third-order valence-corrected chi connectivity index (χ3v) is 16.9. The van der Waals surface area contributed by atoms with Gasteiger partial charge in [-0.2, -0.15) is 0 Å². The molecule has 5 aliphatic rings. The van der Waals surface area contributed by atoms with Gasteiger partial charge in [-0.15, -0.1) is 0 Å². The summed E-state index contributed by atoms with van der Waals surface area (Å²) in [7, 11) is -2.87. The first-order valence-electron chi connectivity index (χ1n) is 14.9. The fraction of sp³-hybridized carbons (Fsp3) is 0.625. The highest BCUT2D eigenvalue weighted by molar-refractivity contribution is 6.90. The smallest absolute Gasteiger partial charge is 0.127 e. The summed E-state index contributed by atoms with van der Waals surface area (Å²) >= 11 is 0. The Morgan fingerprint density at radius 2 is 1.14 bits per heavy atom. The second-order valence-corrected chi connectivity index (χ2v) is 23.5. The molecule has 0 radical (unpaired) electrons. The first kappa shape index (κ1) is 25.8. The molecule has 5 heteroatoms. The third kappa shape index (κ3) is 6.10. The van der Waals surface area contributed by atoms with Gasteiger partial charge in [-0.1, -0.05) is 85.8 Å². The van der Waals surface area contributed by atoms with Crippen molar-refractivity contribution in [1.82, 2.24) is 0 Å². The molecule has 0 spiro atoms. The number of benzene rings is 2. The molecule has 3 saturated heterocycles. The molecule has 7 rings (SSSR count). The topological polar surface area (TPSA) is 31.0 Å². The van der Waals surface area contributed by atoms with Crippen LogP contribution in [0.5, 0.6) is 11.5 Å². The number of hydrogen-bond acceptors (Lipinski definition) is 3. The molecule has 2 aromatic carbocycles. The lowest BCUT2D eigenvalue weighted by Crippen LogP contribution is -2.46. The summed E-state index contributed by atoms with van der Waals surface area (Å²) < 4.78 is 17.8. The number of hydrogen-bond donors (Lipinski definition) is 0. The minimum atomic E-state index is -1.44. The zero-order valence-corrected chi connectivity index (χ0v) is 25.4. The van der Waals surface area contributed by atoms with E-state index in [1.807, 2.05) is 0 Å². The highest BCUT2D eigenvalue weighted by Crippen LogP contribution is 2.42. The Morgan fingerprint density at radius 1 is 0.622 bits per heavy atom. The summed E-state index contributed by atoms with van der Waals surface area (Å²) in [4.78, 5) is 0. The number of fused-ring (bicyclic) bond motifs is 3. The molecule has 5 fully saturated rings. The van der Waals surface area contributed by atoms with Gasteiger partial charge < -0.3 is 14.2 Å². The summed E-state index contributed by atoms with van der Waals surface area (Å²) in [6.45, 7) is 10.1. The molecule has 2 aromatic rings. The molecule has 2 saturated carbocycles. The van der Waals surface area contributed by atoms with Gasteiger partial charge in [-0.05, 0) is 74.6 Å². The number of ether oxygens (including phenoxy) is 3. The fourth-order valence-electron chi connectivity index (χ4n) is 7.19. The molecule has 5 unspecified atom stereocenters. The zero-order valence-electron chi connectivity index (χ0n) is 23.4. The van der Waals surface area contributed by atoms with Gasteiger partial charge in [0.1, 0.15) is 11.5 Å². The van der Waals surface area contributed by atoms with Gasteiger partial charge in [0.2, 0.25) is 0 Å². The van der Waals surface area contributed by atoms with Gasteiger partial charge >= 0.3 is 0 Å². The van der Waals surface area contributed by atoms with E-state index in [1.54, 1.807) is 10.4 Å². The van der Waals surface area contributed by atoms with Crippen LogP contribution in [-0.4, -0.2) is 40.6 Å². The Balaban J connectivity index is 0.996. The van der Waals surface area contributed by atoms with Crippen LogP contribution in [0.1, 0.15) is 51.4 Å². The molecule has 2 bridgehead atoms. The van der Waals surface area contributed by atoms with Crippen molar-refractivity contribution in [3.63, 3.8) is 0 Å². The lowest BCUT2D eigenvalue weighted by Gasteiger charge is -2.45. The molecule has 3 aliphatic heterocycles. The lowest BCUT2D eigenvalue weighted by atomic mass is 9.79. The van der Waals surface area contributed by atoms with Crippen molar-refractivity contribution >= 4 is 26.5 Å². The standard InChI is InChI=1S/C32H46O3Si2/c1-36(2,17-15-23-5-14-31-32(21-23)35-31)29-10-6-25(7-11-29)33-26-8-12-30(13-9-26)37(3,4)18-16-24-19-27-22-28(20-24)34-27/h6-13,23-24,27-28,31-32H,5,14-22H2,1-4H3. The summed E-state index contributed by atoms with van der Waals surface area (Å²) in [5.74, 6) is 3.65. The van der Waals surface area contributed by atoms with Crippen LogP contribution in [0.4, 0.5) is 0 Å². The van der Waals surface area contributed by atoms with E-state index in [1.165, 1.54) is 63.5 Å². The van der Waals surface area contributed by atoms with Crippen molar-refractivity contribution in [3.05, 3.63) is 48.5 Å². The van der Waals surface area contributed by atoms with Crippen molar-refractivity contribution in [1.29, 1.82) is 0 Å². The minimum Gasteiger partial charge on any atom is -0.457 e. The molecule has 37 heavy (non-hydrogen) atoms. The minimum absolute atomic E-state index is 0.579. The monoisotopic (exact) mass is 534 g/mol. The summed E-state index contributed by atoms with van der Waals surface area (Å²) in [6.07, 6.45) is 13.0. The molecule has 5 atom stereocenters. The van der Waals surface area contributed by atoms with Gasteiger partial charge in [0.05, 0.1) is 40.6 Å². The summed E-state index contributed by atoms with van der Waals surface area (Å²) in [5.41, 5.74) is 0. The average Bonchev–Trinajstić information content (AvgIpc) is 3.66. The Morgan fingerprint density at radius 3 is 1.65 bits per heavy atom. The van der Waals surface area contributed by atoms with Crippen molar-refractivity contribution in [2.45, 2.75) is 114 Å². The van der Waals surface area contributed by atoms with Crippen molar-refractivity contribution in [2.75, 3.05) is 0 Å². The van der Waals surface area contributed by atoms with Crippen LogP contribution >= 0.6 is 0 Å². The average molecular weight is 535 g/mol. The molecular weight excluding hydrogens is 489 g/mol. The normalized spacial score (nSPS) is 30.8. The van der Waals surface area contributed by atoms with Crippen molar-refractivity contribution < 1.29 is 14.2 Å². The molecule has 0 N–H and O–H groups in total. The second-order valence-electron chi connectivity index (χ2n) is 13.8. The van der Waals surface area contributed by atoms with Crippen molar-refractivity contribution in [3.8, 4) is 11.5 Å². The molecule has 0 amide bonds. The van der Waals surface area contributed by atoms with E-state index in [0.29, 0.717) is 24.4 Å². The van der Waals surface area contributed by atoms with Crippen LogP contribution in [0.2, 0.25) is 38.3 Å². The largest absolute Gasteiger partial charge is 0.457 e. The van der Waals surface area contributed by atoms with Gasteiger partial charge in [-0.3, -0.25) is 0 Å². The van der Waals surface area contributed by atoms with E-state index in [9.17, 15) is 0 Å². The highest BCUT2D eigenvalue weighted by Gasteiger charge is 2.44. The molecule has 3 nitrogen and oxygen atoms in total. The van der Waals surface area contributed by atoms with Crippen LogP contribution in [0.15, 0.2) is 48.5 Å². The van der Waals surface area contributed by atoms with E-state index in [-0.39, 0.29) is 0 Å². The Bertz CT molecular complexity index is 983.